The standard InChI is InChI=1S/C18H19BrN2O3S2/c19-17-9-5-15(25-17)6-10-18(22)20-13-14-3-7-16(8-4-14)26(23,24)21-11-1-2-12-21/h3-10H,1-2,11-13H2,(H,20,22)/b10-6+. The molecule has 1 aromatic carbocycles. The van der Waals surface area contributed by atoms with Crippen molar-refractivity contribution in [2.75, 3.05) is 13.1 Å². The molecule has 0 bridgehead atoms. The van der Waals surface area contributed by atoms with Gasteiger partial charge in [0.1, 0.15) is 0 Å². The van der Waals surface area contributed by atoms with E-state index >= 15 is 0 Å². The largest absolute Gasteiger partial charge is 0.348 e. The van der Waals surface area contributed by atoms with Gasteiger partial charge in [-0.2, -0.15) is 4.31 Å². The molecule has 2 heterocycles. The van der Waals surface area contributed by atoms with Gasteiger partial charge >= 0.3 is 0 Å². The first kappa shape index (κ1) is 19.3. The zero-order valence-electron chi connectivity index (χ0n) is 14.0. The summed E-state index contributed by atoms with van der Waals surface area (Å²) in [5.74, 6) is -0.191. The van der Waals surface area contributed by atoms with Crippen molar-refractivity contribution < 1.29 is 13.2 Å². The topological polar surface area (TPSA) is 66.5 Å². The lowest BCUT2D eigenvalue weighted by Crippen LogP contribution is -2.27. The number of amides is 1. The predicted molar refractivity (Wildman–Crippen MR) is 107 cm³/mol. The molecule has 1 saturated heterocycles. The Labute approximate surface area is 165 Å². The van der Waals surface area contributed by atoms with Crippen molar-refractivity contribution in [3.05, 3.63) is 56.7 Å². The highest BCUT2D eigenvalue weighted by molar-refractivity contribution is 9.11. The van der Waals surface area contributed by atoms with E-state index in [1.54, 1.807) is 41.7 Å². The quantitative estimate of drug-likeness (QED) is 0.677. The molecule has 1 amide bonds. The highest BCUT2D eigenvalue weighted by Crippen LogP contribution is 2.23. The number of halogens is 1. The fourth-order valence-electron chi connectivity index (χ4n) is 2.68. The van der Waals surface area contributed by atoms with Crippen LogP contribution in [0.2, 0.25) is 0 Å². The molecule has 0 aliphatic carbocycles. The van der Waals surface area contributed by atoms with Crippen LogP contribution < -0.4 is 5.32 Å². The first-order chi connectivity index (χ1) is 12.4. The van der Waals surface area contributed by atoms with E-state index in [0.717, 1.165) is 27.1 Å². The van der Waals surface area contributed by atoms with Gasteiger partial charge in [-0.05, 0) is 64.7 Å². The Balaban J connectivity index is 1.56. The van der Waals surface area contributed by atoms with Gasteiger partial charge in [0.2, 0.25) is 15.9 Å². The molecule has 0 saturated carbocycles. The number of hydrogen-bond acceptors (Lipinski definition) is 4. The van der Waals surface area contributed by atoms with E-state index in [2.05, 4.69) is 21.2 Å². The molecule has 1 aromatic heterocycles. The molecule has 0 unspecified atom stereocenters. The van der Waals surface area contributed by atoms with Gasteiger partial charge in [0.25, 0.3) is 0 Å². The van der Waals surface area contributed by atoms with Crippen LogP contribution in [0.4, 0.5) is 0 Å². The number of benzene rings is 1. The summed E-state index contributed by atoms with van der Waals surface area (Å²) >= 11 is 4.93. The Morgan fingerprint density at radius 3 is 2.46 bits per heavy atom. The maximum atomic E-state index is 12.5. The summed E-state index contributed by atoms with van der Waals surface area (Å²) < 4.78 is 27.5. The molecule has 0 atom stereocenters. The molecule has 1 aliphatic rings. The number of carbonyl (C=O) groups is 1. The molecule has 1 fully saturated rings. The summed E-state index contributed by atoms with van der Waals surface area (Å²) in [5.41, 5.74) is 0.853. The van der Waals surface area contributed by atoms with Gasteiger partial charge in [-0.1, -0.05) is 12.1 Å². The Morgan fingerprint density at radius 1 is 1.15 bits per heavy atom. The molecule has 0 radical (unpaired) electrons. The molecule has 138 valence electrons. The highest BCUT2D eigenvalue weighted by Gasteiger charge is 2.26. The van der Waals surface area contributed by atoms with Gasteiger partial charge in [-0.15, -0.1) is 11.3 Å². The van der Waals surface area contributed by atoms with E-state index in [1.807, 2.05) is 12.1 Å². The van der Waals surface area contributed by atoms with Crippen LogP contribution >= 0.6 is 27.3 Å². The van der Waals surface area contributed by atoms with Gasteiger partial charge in [0.15, 0.2) is 0 Å². The molecule has 26 heavy (non-hydrogen) atoms. The maximum absolute atomic E-state index is 12.5. The third kappa shape index (κ3) is 4.82. The van der Waals surface area contributed by atoms with Gasteiger partial charge < -0.3 is 5.32 Å². The number of nitrogens with one attached hydrogen (secondary N) is 1. The monoisotopic (exact) mass is 454 g/mol. The van der Waals surface area contributed by atoms with Gasteiger partial charge in [0.05, 0.1) is 8.68 Å². The molecule has 0 spiro atoms. The third-order valence-corrected chi connectivity index (χ3v) is 7.59. The molecular weight excluding hydrogens is 436 g/mol. The summed E-state index contributed by atoms with van der Waals surface area (Å²) in [7, 11) is -3.39. The number of sulfonamides is 1. The van der Waals surface area contributed by atoms with Crippen LogP contribution in [0.5, 0.6) is 0 Å². The molecule has 1 aliphatic heterocycles. The average Bonchev–Trinajstić information content (AvgIpc) is 3.30. The Morgan fingerprint density at radius 2 is 1.85 bits per heavy atom. The molecule has 2 aromatic rings. The first-order valence-electron chi connectivity index (χ1n) is 8.25. The Kier molecular flexibility index (Phi) is 6.29. The number of hydrogen-bond donors (Lipinski definition) is 1. The number of rotatable bonds is 6. The van der Waals surface area contributed by atoms with E-state index in [9.17, 15) is 13.2 Å². The van der Waals surface area contributed by atoms with Crippen LogP contribution in [0, 0.1) is 0 Å². The lowest BCUT2D eigenvalue weighted by atomic mass is 10.2. The van der Waals surface area contributed by atoms with Gasteiger partial charge in [-0.25, -0.2) is 8.42 Å². The lowest BCUT2D eigenvalue weighted by Gasteiger charge is -2.15. The number of nitrogens with zero attached hydrogens (tertiary/aromatic N) is 1. The van der Waals surface area contributed by atoms with Crippen molar-refractivity contribution in [3.63, 3.8) is 0 Å². The number of thiophene rings is 1. The minimum atomic E-state index is -3.39. The predicted octanol–water partition coefficient (Wildman–Crippen LogP) is 3.62. The Bertz CT molecular complexity index is 899. The zero-order valence-corrected chi connectivity index (χ0v) is 17.2. The SMILES string of the molecule is O=C(/C=C/c1ccc(Br)s1)NCc1ccc(S(=O)(=O)N2CCCC2)cc1. The van der Waals surface area contributed by atoms with Gasteiger partial charge in [0, 0.05) is 30.6 Å². The average molecular weight is 455 g/mol. The molecular formula is C18H19BrN2O3S2. The van der Waals surface area contributed by atoms with Crippen LogP contribution in [0.1, 0.15) is 23.3 Å². The van der Waals surface area contributed by atoms with Crippen LogP contribution in [0.3, 0.4) is 0 Å². The van der Waals surface area contributed by atoms with Crippen LogP contribution in [0.25, 0.3) is 6.08 Å². The summed E-state index contributed by atoms with van der Waals surface area (Å²) in [6.07, 6.45) is 5.08. The van der Waals surface area contributed by atoms with Crippen molar-refractivity contribution >= 4 is 49.3 Å². The normalized spacial score (nSPS) is 15.6. The Hall–Kier alpha value is -1.48. The summed E-state index contributed by atoms with van der Waals surface area (Å²) in [5, 5.41) is 2.80. The fraction of sp³-hybridized carbons (Fsp3) is 0.278. The molecule has 8 heteroatoms. The molecule has 5 nitrogen and oxygen atoms in total. The second-order valence-electron chi connectivity index (χ2n) is 5.95. The van der Waals surface area contributed by atoms with Crippen molar-refractivity contribution in [1.29, 1.82) is 0 Å². The molecule has 3 rings (SSSR count). The van der Waals surface area contributed by atoms with Crippen molar-refractivity contribution in [1.82, 2.24) is 9.62 Å². The first-order valence-corrected chi connectivity index (χ1v) is 11.3. The third-order valence-electron chi connectivity index (χ3n) is 4.09. The fourth-order valence-corrected chi connectivity index (χ4v) is 5.52. The second kappa shape index (κ2) is 8.47. The van der Waals surface area contributed by atoms with Gasteiger partial charge in [-0.3, -0.25) is 4.79 Å². The van der Waals surface area contributed by atoms with Crippen molar-refractivity contribution in [2.24, 2.45) is 0 Å². The van der Waals surface area contributed by atoms with Crippen molar-refractivity contribution in [3.8, 4) is 0 Å². The second-order valence-corrected chi connectivity index (χ2v) is 10.4. The smallest absolute Gasteiger partial charge is 0.244 e. The molecule has 1 N–H and O–H groups in total. The zero-order chi connectivity index (χ0) is 18.6. The summed E-state index contributed by atoms with van der Waals surface area (Å²) in [4.78, 5) is 13.2. The minimum Gasteiger partial charge on any atom is -0.348 e. The summed E-state index contributed by atoms with van der Waals surface area (Å²) in [6.45, 7) is 1.53. The van der Waals surface area contributed by atoms with E-state index in [0.29, 0.717) is 24.5 Å². The minimum absolute atomic E-state index is 0.191. The van der Waals surface area contributed by atoms with Crippen LogP contribution in [0.15, 0.2) is 51.2 Å². The summed E-state index contributed by atoms with van der Waals surface area (Å²) in [6, 6.07) is 10.5. The van der Waals surface area contributed by atoms with E-state index in [4.69, 9.17) is 0 Å². The van der Waals surface area contributed by atoms with Crippen LogP contribution in [-0.4, -0.2) is 31.7 Å². The van der Waals surface area contributed by atoms with E-state index in [1.165, 1.54) is 10.4 Å². The lowest BCUT2D eigenvalue weighted by molar-refractivity contribution is -0.116. The van der Waals surface area contributed by atoms with E-state index in [-0.39, 0.29) is 5.91 Å². The van der Waals surface area contributed by atoms with Crippen LogP contribution in [-0.2, 0) is 21.4 Å². The highest BCUT2D eigenvalue weighted by atomic mass is 79.9. The number of carbonyl (C=O) groups excluding carboxylic acids is 1. The van der Waals surface area contributed by atoms with Crippen molar-refractivity contribution in [2.45, 2.75) is 24.3 Å². The maximum Gasteiger partial charge on any atom is 0.244 e. The van der Waals surface area contributed by atoms with E-state index < -0.39 is 10.0 Å².